The van der Waals surface area contributed by atoms with Crippen molar-refractivity contribution in [3.8, 4) is 28.3 Å². The maximum atomic E-state index is 15.9. The minimum absolute atomic E-state index is 0.158. The van der Waals surface area contributed by atoms with Gasteiger partial charge in [0.2, 0.25) is 0 Å². The topological polar surface area (TPSA) is 158 Å². The van der Waals surface area contributed by atoms with Crippen molar-refractivity contribution in [2.45, 2.75) is 19.0 Å². The van der Waals surface area contributed by atoms with Crippen molar-refractivity contribution < 1.29 is 40.3 Å². The zero-order valence-electron chi connectivity index (χ0n) is 24.5. The number of benzene rings is 1. The molecule has 250 valence electrons. The van der Waals surface area contributed by atoms with Gasteiger partial charge in [0.05, 0.1) is 23.8 Å². The molecule has 0 radical (unpaired) electrons. The highest BCUT2D eigenvalue weighted by Gasteiger charge is 2.38. The van der Waals surface area contributed by atoms with E-state index in [0.29, 0.717) is 37.2 Å². The first kappa shape index (κ1) is 33.6. The number of pyridine rings is 1. The number of anilines is 2. The number of alkyl halides is 3. The Kier molecular flexibility index (Phi) is 9.96. The molecular formula is C28H28F5N9O4S. The third-order valence-corrected chi connectivity index (χ3v) is 8.72. The Morgan fingerprint density at radius 2 is 1.57 bits per heavy atom. The number of hydrogen-bond donors (Lipinski definition) is 3. The standard InChI is InChI=1S/C26H27F2N9O2S.C2HF3O2/c27-19-13-21(24(28)23(14-19)34-40(38,39)36-9-1-2-10-36)22-17-37(33-25(22)18-3-5-29-6-4-18)26-31-15-20(16-32-26)35-11-7-30-8-12-35;3-2(4,5)1(6)7/h3-6,13-17,30,34H,1-2,7-12H2;(H,6,7). The van der Waals surface area contributed by atoms with Crippen molar-refractivity contribution >= 4 is 27.6 Å². The Hall–Kier alpha value is -4.75. The van der Waals surface area contributed by atoms with Crippen LogP contribution in [0.3, 0.4) is 0 Å². The lowest BCUT2D eigenvalue weighted by atomic mass is 10.0. The summed E-state index contributed by atoms with van der Waals surface area (Å²) in [7, 11) is -4.05. The van der Waals surface area contributed by atoms with Gasteiger partial charge >= 0.3 is 22.4 Å². The number of carbonyl (C=O) groups is 1. The first-order valence-electron chi connectivity index (χ1n) is 14.2. The fourth-order valence-corrected chi connectivity index (χ4v) is 6.20. The molecular weight excluding hydrogens is 653 g/mol. The van der Waals surface area contributed by atoms with Gasteiger partial charge in [0.15, 0.2) is 5.82 Å². The summed E-state index contributed by atoms with van der Waals surface area (Å²) in [5, 5.41) is 15.0. The smallest absolute Gasteiger partial charge is 0.475 e. The second kappa shape index (κ2) is 13.9. The number of aromatic nitrogens is 5. The highest BCUT2D eigenvalue weighted by atomic mass is 32.2. The zero-order valence-corrected chi connectivity index (χ0v) is 25.3. The van der Waals surface area contributed by atoms with Gasteiger partial charge in [-0.2, -0.15) is 31.0 Å². The summed E-state index contributed by atoms with van der Waals surface area (Å²) < 4.78 is 93.0. The first-order chi connectivity index (χ1) is 22.3. The van der Waals surface area contributed by atoms with E-state index in [9.17, 15) is 26.0 Å². The summed E-state index contributed by atoms with van der Waals surface area (Å²) in [6, 6.07) is 5.24. The molecule has 0 amide bonds. The Morgan fingerprint density at radius 3 is 2.17 bits per heavy atom. The Labute approximate surface area is 265 Å². The second-order valence-electron chi connectivity index (χ2n) is 10.4. The molecule has 0 aliphatic carbocycles. The molecule has 5 heterocycles. The fourth-order valence-electron chi connectivity index (χ4n) is 4.91. The van der Waals surface area contributed by atoms with E-state index in [1.807, 2.05) is 0 Å². The molecule has 19 heteroatoms. The van der Waals surface area contributed by atoms with Crippen LogP contribution in [0, 0.1) is 11.6 Å². The fraction of sp³-hybridized carbons (Fsp3) is 0.321. The van der Waals surface area contributed by atoms with Gasteiger partial charge in [0, 0.05) is 80.6 Å². The maximum absolute atomic E-state index is 15.9. The molecule has 6 rings (SSSR count). The molecule has 2 fully saturated rings. The highest BCUT2D eigenvalue weighted by molar-refractivity contribution is 7.90. The van der Waals surface area contributed by atoms with Gasteiger partial charge in [-0.1, -0.05) is 0 Å². The molecule has 2 aliphatic rings. The molecule has 2 saturated heterocycles. The number of rotatable bonds is 7. The molecule has 0 saturated carbocycles. The van der Waals surface area contributed by atoms with E-state index in [2.05, 4.69) is 35.0 Å². The predicted molar refractivity (Wildman–Crippen MR) is 160 cm³/mol. The zero-order chi connectivity index (χ0) is 33.8. The quantitative estimate of drug-likeness (QED) is 0.247. The van der Waals surface area contributed by atoms with Gasteiger partial charge in [0.25, 0.3) is 5.95 Å². The van der Waals surface area contributed by atoms with E-state index in [-0.39, 0.29) is 17.1 Å². The molecule has 13 nitrogen and oxygen atoms in total. The lowest BCUT2D eigenvalue weighted by Crippen LogP contribution is -2.43. The van der Waals surface area contributed by atoms with Gasteiger partial charge in [-0.05, 0) is 31.0 Å². The number of halogens is 5. The monoisotopic (exact) mass is 681 g/mol. The van der Waals surface area contributed by atoms with Crippen LogP contribution in [0.2, 0.25) is 0 Å². The lowest BCUT2D eigenvalue weighted by molar-refractivity contribution is -0.192. The average molecular weight is 682 g/mol. The third-order valence-electron chi connectivity index (χ3n) is 7.19. The molecule has 2 aliphatic heterocycles. The molecule has 0 unspecified atom stereocenters. The number of carboxylic acid groups (broad SMARTS) is 1. The third kappa shape index (κ3) is 7.98. The maximum Gasteiger partial charge on any atom is 0.490 e. The van der Waals surface area contributed by atoms with E-state index >= 15 is 4.39 Å². The Bertz CT molecular complexity index is 1810. The van der Waals surface area contributed by atoms with Gasteiger partial charge < -0.3 is 15.3 Å². The number of carboxylic acids is 1. The van der Waals surface area contributed by atoms with Crippen LogP contribution < -0.4 is 14.9 Å². The lowest BCUT2D eigenvalue weighted by Gasteiger charge is -2.28. The van der Waals surface area contributed by atoms with Crippen molar-refractivity contribution in [2.75, 3.05) is 48.9 Å². The molecule has 1 aromatic carbocycles. The summed E-state index contributed by atoms with van der Waals surface area (Å²) in [4.78, 5) is 24.0. The van der Waals surface area contributed by atoms with Crippen molar-refractivity contribution in [1.29, 1.82) is 0 Å². The predicted octanol–water partition coefficient (Wildman–Crippen LogP) is 3.46. The number of hydrogen-bond acceptors (Lipinski definition) is 9. The number of nitrogens with one attached hydrogen (secondary N) is 2. The Morgan fingerprint density at radius 1 is 0.957 bits per heavy atom. The first-order valence-corrected chi connectivity index (χ1v) is 15.6. The summed E-state index contributed by atoms with van der Waals surface area (Å²) in [5.74, 6) is -4.24. The van der Waals surface area contributed by atoms with Crippen LogP contribution in [-0.2, 0) is 15.0 Å². The molecule has 3 N–H and O–H groups in total. The highest BCUT2D eigenvalue weighted by Crippen LogP contribution is 2.36. The average Bonchev–Trinajstić information content (AvgIpc) is 3.75. The summed E-state index contributed by atoms with van der Waals surface area (Å²) >= 11 is 0. The van der Waals surface area contributed by atoms with Crippen molar-refractivity contribution in [2.24, 2.45) is 0 Å². The number of piperazine rings is 1. The van der Waals surface area contributed by atoms with Gasteiger partial charge in [-0.3, -0.25) is 9.71 Å². The summed E-state index contributed by atoms with van der Waals surface area (Å²) in [6.45, 7) is 4.06. The van der Waals surface area contributed by atoms with Crippen molar-refractivity contribution in [3.63, 3.8) is 0 Å². The minimum Gasteiger partial charge on any atom is -0.475 e. The van der Waals surface area contributed by atoms with Crippen LogP contribution in [0.1, 0.15) is 12.8 Å². The van der Waals surface area contributed by atoms with Crippen LogP contribution in [0.25, 0.3) is 28.3 Å². The number of aliphatic carboxylic acids is 1. The van der Waals surface area contributed by atoms with E-state index < -0.39 is 39.7 Å². The van der Waals surface area contributed by atoms with Gasteiger partial charge in [-0.25, -0.2) is 28.2 Å². The van der Waals surface area contributed by atoms with Crippen molar-refractivity contribution in [1.82, 2.24) is 34.4 Å². The van der Waals surface area contributed by atoms with E-state index in [4.69, 9.17) is 9.90 Å². The second-order valence-corrected chi connectivity index (χ2v) is 12.1. The summed E-state index contributed by atoms with van der Waals surface area (Å²) in [6.07, 6.45) is 4.38. The molecule has 47 heavy (non-hydrogen) atoms. The molecule has 0 atom stereocenters. The van der Waals surface area contributed by atoms with Gasteiger partial charge in [-0.15, -0.1) is 0 Å². The SMILES string of the molecule is O=C(O)C(F)(F)F.O=S(=O)(Nc1cc(F)cc(-c2cn(-c3ncc(N4CCNCC4)cn3)nc2-c2ccncc2)c1F)N1CCCC1. The largest absolute Gasteiger partial charge is 0.490 e. The van der Waals surface area contributed by atoms with Crippen LogP contribution >= 0.6 is 0 Å². The van der Waals surface area contributed by atoms with Crippen LogP contribution in [0.15, 0.2) is 55.2 Å². The molecule has 3 aromatic heterocycles. The van der Waals surface area contributed by atoms with Crippen LogP contribution in [0.5, 0.6) is 0 Å². The van der Waals surface area contributed by atoms with Crippen LogP contribution in [-0.4, -0.2) is 94.0 Å². The summed E-state index contributed by atoms with van der Waals surface area (Å²) in [5.41, 5.74) is 1.40. The molecule has 4 aromatic rings. The van der Waals surface area contributed by atoms with E-state index in [1.165, 1.54) is 15.2 Å². The normalized spacial score (nSPS) is 15.6. The Balaban J connectivity index is 0.000000559. The van der Waals surface area contributed by atoms with E-state index in [0.717, 1.165) is 44.0 Å². The van der Waals surface area contributed by atoms with Gasteiger partial charge in [0.1, 0.15) is 11.5 Å². The van der Waals surface area contributed by atoms with E-state index in [1.54, 1.807) is 36.9 Å². The van der Waals surface area contributed by atoms with Crippen LogP contribution in [0.4, 0.5) is 33.3 Å². The molecule has 0 bridgehead atoms. The van der Waals surface area contributed by atoms with Crippen molar-refractivity contribution in [3.05, 3.63) is 66.9 Å². The molecule has 0 spiro atoms. The number of nitrogens with zero attached hydrogens (tertiary/aromatic N) is 7. The minimum atomic E-state index is -5.08.